The zero-order valence-electron chi connectivity index (χ0n) is 15.6. The average Bonchev–Trinajstić information content (AvgIpc) is 2.99. The molecule has 2 heterocycles. The van der Waals surface area contributed by atoms with Crippen LogP contribution in [0, 0.1) is 0 Å². The number of amides is 2. The molecule has 2 aromatic rings. The number of carbonyl (C=O) groups is 3. The van der Waals surface area contributed by atoms with E-state index in [0.717, 1.165) is 17.3 Å². The van der Waals surface area contributed by atoms with E-state index < -0.39 is 10.9 Å². The Kier molecular flexibility index (Phi) is 4.96. The third kappa shape index (κ3) is 4.22. The van der Waals surface area contributed by atoms with Crippen molar-refractivity contribution in [1.29, 1.82) is 0 Å². The number of phenols is 1. The minimum atomic E-state index is -0.821. The number of ether oxygens (including phenoxy) is 2. The monoisotopic (exact) mass is 413 g/mol. The number of nitrogens with one attached hydrogen (secondary N) is 1. The van der Waals surface area contributed by atoms with Crippen LogP contribution in [-0.2, 0) is 11.2 Å². The van der Waals surface area contributed by atoms with Crippen LogP contribution in [0.5, 0.6) is 17.2 Å². The van der Waals surface area contributed by atoms with Crippen molar-refractivity contribution in [2.75, 3.05) is 6.61 Å². The molecule has 1 saturated heterocycles. The molecule has 8 heteroatoms. The molecule has 2 amide bonds. The Balaban J connectivity index is 1.38. The molecule has 1 fully saturated rings. The Morgan fingerprint density at radius 3 is 2.66 bits per heavy atom. The topological polar surface area (TPSA) is 102 Å². The van der Waals surface area contributed by atoms with Gasteiger partial charge in [-0.25, -0.2) is 0 Å². The average molecular weight is 413 g/mol. The van der Waals surface area contributed by atoms with E-state index in [4.69, 9.17) is 9.47 Å². The molecule has 0 radical (unpaired) electrons. The molecule has 0 bridgehead atoms. The van der Waals surface area contributed by atoms with Crippen molar-refractivity contribution in [3.63, 3.8) is 0 Å². The van der Waals surface area contributed by atoms with E-state index in [1.54, 1.807) is 18.2 Å². The molecule has 4 rings (SSSR count). The van der Waals surface area contributed by atoms with E-state index in [0.29, 0.717) is 23.5 Å². The van der Waals surface area contributed by atoms with Gasteiger partial charge in [0, 0.05) is 0 Å². The number of thioether (sulfide) groups is 1. The van der Waals surface area contributed by atoms with Crippen LogP contribution in [0.3, 0.4) is 0 Å². The molecule has 2 N–H and O–H groups in total. The second kappa shape index (κ2) is 7.44. The standard InChI is InChI=1S/C21H19NO6S/c1-21(10-16(24)15-9-13(23)4-7-17(15)28-21)11-27-14-5-2-12(3-6-14)8-18-19(25)22-20(26)29-18/h2-7,9,18,23H,8,10-11H2,1H3,(H,22,25,26). The predicted molar refractivity (Wildman–Crippen MR) is 107 cm³/mol. The summed E-state index contributed by atoms with van der Waals surface area (Å²) in [6.45, 7) is 1.98. The zero-order valence-corrected chi connectivity index (χ0v) is 16.5. The number of aromatic hydroxyl groups is 1. The number of imide groups is 1. The van der Waals surface area contributed by atoms with Gasteiger partial charge in [-0.3, -0.25) is 19.7 Å². The van der Waals surface area contributed by atoms with Crippen molar-refractivity contribution in [1.82, 2.24) is 5.32 Å². The summed E-state index contributed by atoms with van der Waals surface area (Å²) in [5.41, 5.74) is 0.474. The lowest BCUT2D eigenvalue weighted by Gasteiger charge is -2.34. The van der Waals surface area contributed by atoms with Gasteiger partial charge in [-0.15, -0.1) is 0 Å². The Labute approximate surface area is 171 Å². The number of ketones is 1. The van der Waals surface area contributed by atoms with Crippen LogP contribution in [0.25, 0.3) is 0 Å². The highest BCUT2D eigenvalue weighted by Crippen LogP contribution is 2.35. The van der Waals surface area contributed by atoms with Crippen LogP contribution in [0.2, 0.25) is 0 Å². The van der Waals surface area contributed by atoms with Gasteiger partial charge in [-0.05, 0) is 49.2 Å². The van der Waals surface area contributed by atoms with Gasteiger partial charge in [0.05, 0.1) is 17.2 Å². The van der Waals surface area contributed by atoms with Gasteiger partial charge in [0.1, 0.15) is 29.5 Å². The fourth-order valence-electron chi connectivity index (χ4n) is 3.34. The van der Waals surface area contributed by atoms with Crippen LogP contribution in [-0.4, -0.2) is 39.5 Å². The minimum absolute atomic E-state index is 0.0264. The molecule has 2 atom stereocenters. The first-order valence-corrected chi connectivity index (χ1v) is 9.98. The van der Waals surface area contributed by atoms with Crippen LogP contribution in [0.15, 0.2) is 42.5 Å². The Hall–Kier alpha value is -3.00. The van der Waals surface area contributed by atoms with E-state index in [9.17, 15) is 19.5 Å². The van der Waals surface area contributed by atoms with E-state index >= 15 is 0 Å². The first kappa shape index (κ1) is 19.3. The summed E-state index contributed by atoms with van der Waals surface area (Å²) in [6.07, 6.45) is 0.602. The summed E-state index contributed by atoms with van der Waals surface area (Å²) < 4.78 is 11.8. The smallest absolute Gasteiger partial charge is 0.286 e. The molecule has 7 nitrogen and oxygen atoms in total. The highest BCUT2D eigenvalue weighted by Gasteiger charge is 2.37. The van der Waals surface area contributed by atoms with Gasteiger partial charge in [-0.1, -0.05) is 23.9 Å². The van der Waals surface area contributed by atoms with E-state index in [2.05, 4.69) is 5.32 Å². The maximum atomic E-state index is 12.4. The molecule has 2 unspecified atom stereocenters. The molecule has 2 aliphatic heterocycles. The third-order valence-corrected chi connectivity index (χ3v) is 5.79. The third-order valence-electron chi connectivity index (χ3n) is 4.81. The summed E-state index contributed by atoms with van der Waals surface area (Å²) in [5, 5.41) is 11.1. The molecular weight excluding hydrogens is 394 g/mol. The molecule has 0 aliphatic carbocycles. The number of fused-ring (bicyclic) bond motifs is 1. The maximum Gasteiger partial charge on any atom is 0.286 e. The first-order valence-electron chi connectivity index (χ1n) is 9.10. The van der Waals surface area contributed by atoms with Crippen molar-refractivity contribution in [2.24, 2.45) is 0 Å². The highest BCUT2D eigenvalue weighted by atomic mass is 32.2. The number of hydrogen-bond acceptors (Lipinski definition) is 7. The van der Waals surface area contributed by atoms with Gasteiger partial charge in [-0.2, -0.15) is 0 Å². The number of benzene rings is 2. The van der Waals surface area contributed by atoms with Crippen LogP contribution in [0.4, 0.5) is 4.79 Å². The highest BCUT2D eigenvalue weighted by molar-refractivity contribution is 8.15. The van der Waals surface area contributed by atoms with Crippen molar-refractivity contribution in [3.05, 3.63) is 53.6 Å². The Morgan fingerprint density at radius 1 is 1.21 bits per heavy atom. The molecule has 0 aromatic heterocycles. The molecule has 0 spiro atoms. The molecule has 0 saturated carbocycles. The van der Waals surface area contributed by atoms with E-state index in [-0.39, 0.29) is 35.7 Å². The van der Waals surface area contributed by atoms with Gasteiger partial charge in [0.25, 0.3) is 5.24 Å². The van der Waals surface area contributed by atoms with Gasteiger partial charge in [0.15, 0.2) is 5.78 Å². The van der Waals surface area contributed by atoms with E-state index in [1.165, 1.54) is 12.1 Å². The lowest BCUT2D eigenvalue weighted by atomic mass is 9.92. The largest absolute Gasteiger partial charge is 0.508 e. The number of carbonyl (C=O) groups excluding carboxylic acids is 3. The van der Waals surface area contributed by atoms with Crippen LogP contribution in [0.1, 0.15) is 29.3 Å². The summed E-state index contributed by atoms with van der Waals surface area (Å²) in [5.74, 6) is 0.703. The fourth-order valence-corrected chi connectivity index (χ4v) is 4.20. The quantitative estimate of drug-likeness (QED) is 0.777. The molecule has 2 aliphatic rings. The zero-order chi connectivity index (χ0) is 20.6. The second-order valence-electron chi connectivity index (χ2n) is 7.35. The number of rotatable bonds is 5. The summed E-state index contributed by atoms with van der Waals surface area (Å²) in [4.78, 5) is 35.3. The minimum Gasteiger partial charge on any atom is -0.508 e. The second-order valence-corrected chi connectivity index (χ2v) is 8.53. The lowest BCUT2D eigenvalue weighted by Crippen LogP contribution is -2.44. The van der Waals surface area contributed by atoms with Crippen molar-refractivity contribution in [2.45, 2.75) is 30.6 Å². The fraction of sp³-hybridized carbons (Fsp3) is 0.286. The number of Topliss-reactive ketones (excluding diaryl/α,β-unsaturated/α-hetero) is 1. The molecular formula is C21H19NO6S. The SMILES string of the molecule is CC1(COc2ccc(CC3SC(=O)NC3=O)cc2)CC(=O)c2cc(O)ccc2O1. The Bertz CT molecular complexity index is 989. The normalized spacial score (nSPS) is 23.3. The van der Waals surface area contributed by atoms with Crippen molar-refractivity contribution < 1.29 is 29.0 Å². The molecule has 150 valence electrons. The van der Waals surface area contributed by atoms with Crippen LogP contribution < -0.4 is 14.8 Å². The van der Waals surface area contributed by atoms with E-state index in [1.807, 2.05) is 19.1 Å². The van der Waals surface area contributed by atoms with Crippen LogP contribution >= 0.6 is 11.8 Å². The Morgan fingerprint density at radius 2 is 1.97 bits per heavy atom. The van der Waals surface area contributed by atoms with Gasteiger partial charge in [0.2, 0.25) is 5.91 Å². The first-order chi connectivity index (χ1) is 13.8. The summed E-state index contributed by atoms with van der Waals surface area (Å²) >= 11 is 1.00. The maximum absolute atomic E-state index is 12.4. The summed E-state index contributed by atoms with van der Waals surface area (Å²) in [7, 11) is 0. The van der Waals surface area contributed by atoms with Crippen molar-refractivity contribution in [3.8, 4) is 17.2 Å². The molecule has 29 heavy (non-hydrogen) atoms. The summed E-state index contributed by atoms with van der Waals surface area (Å²) in [6, 6.07) is 11.7. The number of hydrogen-bond donors (Lipinski definition) is 2. The molecule has 2 aromatic carbocycles. The number of phenolic OH excluding ortho intramolecular Hbond substituents is 1. The van der Waals surface area contributed by atoms with Gasteiger partial charge >= 0.3 is 0 Å². The lowest BCUT2D eigenvalue weighted by molar-refractivity contribution is -0.118. The van der Waals surface area contributed by atoms with Crippen molar-refractivity contribution >= 4 is 28.7 Å². The predicted octanol–water partition coefficient (Wildman–Crippen LogP) is 3.09. The van der Waals surface area contributed by atoms with Gasteiger partial charge < -0.3 is 14.6 Å².